The van der Waals surface area contributed by atoms with Gasteiger partial charge < -0.3 is 40.5 Å². The normalized spacial score (nSPS) is 16.0. The van der Waals surface area contributed by atoms with Gasteiger partial charge in [-0.15, -0.1) is 0 Å². The van der Waals surface area contributed by atoms with Gasteiger partial charge in [-0.3, -0.25) is 0 Å². The zero-order valence-electron chi connectivity index (χ0n) is 8.55. The van der Waals surface area contributed by atoms with E-state index in [1.807, 2.05) is 0 Å². The summed E-state index contributed by atoms with van der Waals surface area (Å²) in [6, 6.07) is 0. The van der Waals surface area contributed by atoms with Crippen LogP contribution in [-0.4, -0.2) is 86.3 Å². The molecule has 8 heteroatoms. The smallest absolute Gasteiger partial charge is 0.151 e. The van der Waals surface area contributed by atoms with Crippen molar-refractivity contribution in [1.29, 1.82) is 0 Å². The predicted molar refractivity (Wildman–Crippen MR) is 51.3 cm³/mol. The van der Waals surface area contributed by atoms with Gasteiger partial charge in [-0.2, -0.15) is 0 Å². The Morgan fingerprint density at radius 2 is 1.31 bits per heavy atom. The van der Waals surface area contributed by atoms with Gasteiger partial charge >= 0.3 is 0 Å². The molecule has 0 unspecified atom stereocenters. The van der Waals surface area contributed by atoms with Gasteiger partial charge in [-0.1, -0.05) is 0 Å². The van der Waals surface area contributed by atoms with Crippen molar-refractivity contribution in [2.75, 3.05) is 19.8 Å². The van der Waals surface area contributed by atoms with E-state index < -0.39 is 31.0 Å². The maximum Gasteiger partial charge on any atom is 0.151 e. The highest BCUT2D eigenvalue weighted by Crippen LogP contribution is 1.96. The average Bonchev–Trinajstić information content (AvgIpc) is 2.35. The Kier molecular flexibility index (Phi) is 12.1. The number of carbonyl (C=O) groups excluding carboxylic acids is 1. The first-order valence-corrected chi connectivity index (χ1v) is 4.44. The van der Waals surface area contributed by atoms with Gasteiger partial charge in [0.05, 0.1) is 19.8 Å². The molecule has 0 spiro atoms. The van der Waals surface area contributed by atoms with Crippen molar-refractivity contribution in [2.24, 2.45) is 0 Å². The summed E-state index contributed by atoms with van der Waals surface area (Å²) in [6.07, 6.45) is -5.58. The second-order valence-electron chi connectivity index (χ2n) is 2.89. The molecule has 0 heterocycles. The monoisotopic (exact) mass is 242 g/mol. The van der Waals surface area contributed by atoms with E-state index in [2.05, 4.69) is 0 Å². The molecule has 0 rings (SSSR count). The maximum absolute atomic E-state index is 9.76. The molecular weight excluding hydrogens is 224 g/mol. The highest BCUT2D eigenvalue weighted by Gasteiger charge is 2.22. The number of hydrogen-bond acceptors (Lipinski definition) is 8. The van der Waals surface area contributed by atoms with Gasteiger partial charge in [-0.05, 0) is 0 Å². The van der Waals surface area contributed by atoms with Crippen molar-refractivity contribution in [3.63, 3.8) is 0 Å². The maximum atomic E-state index is 9.76. The largest absolute Gasteiger partial charge is 0.394 e. The third-order valence-corrected chi connectivity index (χ3v) is 1.49. The second-order valence-corrected chi connectivity index (χ2v) is 2.89. The molecule has 0 aliphatic rings. The number of carbonyl (C=O) groups is 1. The molecule has 7 N–H and O–H groups in total. The fraction of sp³-hybridized carbons (Fsp3) is 0.875. The topological polar surface area (TPSA) is 159 Å². The van der Waals surface area contributed by atoms with Crippen LogP contribution in [0, 0.1) is 0 Å². The molecule has 0 aromatic rings. The third kappa shape index (κ3) is 8.68. The summed E-state index contributed by atoms with van der Waals surface area (Å²) < 4.78 is 0. The number of aliphatic hydroxyl groups is 7. The van der Waals surface area contributed by atoms with Crippen molar-refractivity contribution in [1.82, 2.24) is 0 Å². The summed E-state index contributed by atoms with van der Waals surface area (Å²) in [6.45, 7) is -1.42. The van der Waals surface area contributed by atoms with Crippen molar-refractivity contribution in [2.45, 2.75) is 24.4 Å². The molecule has 0 aromatic carbocycles. The number of rotatable bonds is 6. The summed E-state index contributed by atoms with van der Waals surface area (Å²) in [5.74, 6) is 0. The van der Waals surface area contributed by atoms with Crippen LogP contribution in [0.25, 0.3) is 0 Å². The molecule has 3 atom stereocenters. The second kappa shape index (κ2) is 10.9. The van der Waals surface area contributed by atoms with Gasteiger partial charge in [0.1, 0.15) is 24.4 Å². The SMILES string of the molecule is O=C[C@H](O)[C@@H](O)[C@H](O)CO.OCC(O)CO. The zero-order chi connectivity index (χ0) is 13.1. The van der Waals surface area contributed by atoms with Gasteiger partial charge in [-0.25, -0.2) is 0 Å². The summed E-state index contributed by atoms with van der Waals surface area (Å²) in [4.78, 5) is 9.76. The lowest BCUT2D eigenvalue weighted by Gasteiger charge is -2.16. The standard InChI is InChI=1S/C5H10O5.C3H8O3/c6-1-3(8)5(10)4(9)2-7;4-1-3(6)2-5/h1,3-5,7-10H,2H2;3-6H,1-2H2/t3-,4+,5+;/m0./s1. The Bertz CT molecular complexity index is 160. The highest BCUT2D eigenvalue weighted by molar-refractivity contribution is 5.56. The molecule has 0 aliphatic carbocycles. The molecule has 0 bridgehead atoms. The average molecular weight is 242 g/mol. The van der Waals surface area contributed by atoms with E-state index in [9.17, 15) is 4.79 Å². The number of hydrogen-bond donors (Lipinski definition) is 7. The Morgan fingerprint density at radius 3 is 1.50 bits per heavy atom. The Labute approximate surface area is 92.0 Å². The van der Waals surface area contributed by atoms with Crippen molar-refractivity contribution < 1.29 is 40.5 Å². The van der Waals surface area contributed by atoms with Gasteiger partial charge in [0.2, 0.25) is 0 Å². The molecule has 16 heavy (non-hydrogen) atoms. The quantitative estimate of drug-likeness (QED) is 0.230. The van der Waals surface area contributed by atoms with Crippen LogP contribution in [0.3, 0.4) is 0 Å². The number of aldehydes is 1. The van der Waals surface area contributed by atoms with E-state index in [1.54, 1.807) is 0 Å². The van der Waals surface area contributed by atoms with E-state index in [1.165, 1.54) is 0 Å². The van der Waals surface area contributed by atoms with E-state index in [4.69, 9.17) is 35.7 Å². The Hall–Kier alpha value is -0.610. The molecule has 0 saturated heterocycles. The van der Waals surface area contributed by atoms with E-state index in [0.717, 1.165) is 0 Å². The van der Waals surface area contributed by atoms with Gasteiger partial charge in [0, 0.05) is 0 Å². The molecular formula is C8H18O8. The molecule has 98 valence electrons. The highest BCUT2D eigenvalue weighted by atomic mass is 16.4. The van der Waals surface area contributed by atoms with E-state index >= 15 is 0 Å². The summed E-state index contributed by atoms with van der Waals surface area (Å²) in [5.41, 5.74) is 0. The van der Waals surface area contributed by atoms with Crippen LogP contribution in [0.5, 0.6) is 0 Å². The Morgan fingerprint density at radius 1 is 0.875 bits per heavy atom. The lowest BCUT2D eigenvalue weighted by atomic mass is 10.1. The van der Waals surface area contributed by atoms with E-state index in [0.29, 0.717) is 0 Å². The van der Waals surface area contributed by atoms with Gasteiger partial charge in [0.15, 0.2) is 6.29 Å². The minimum Gasteiger partial charge on any atom is -0.394 e. The van der Waals surface area contributed by atoms with Crippen molar-refractivity contribution >= 4 is 6.29 Å². The molecule has 0 amide bonds. The third-order valence-electron chi connectivity index (χ3n) is 1.49. The molecule has 0 aromatic heterocycles. The van der Waals surface area contributed by atoms with Crippen LogP contribution in [0.1, 0.15) is 0 Å². The minimum atomic E-state index is -1.64. The number of aliphatic hydroxyl groups excluding tert-OH is 7. The predicted octanol–water partition coefficient (Wildman–Crippen LogP) is -4.41. The van der Waals surface area contributed by atoms with Crippen molar-refractivity contribution in [3.8, 4) is 0 Å². The van der Waals surface area contributed by atoms with Crippen LogP contribution in [-0.2, 0) is 4.79 Å². The first kappa shape index (κ1) is 17.8. The fourth-order valence-corrected chi connectivity index (χ4v) is 0.474. The van der Waals surface area contributed by atoms with E-state index in [-0.39, 0.29) is 19.5 Å². The lowest BCUT2D eigenvalue weighted by molar-refractivity contribution is -0.127. The van der Waals surface area contributed by atoms with Crippen LogP contribution < -0.4 is 0 Å². The van der Waals surface area contributed by atoms with Crippen LogP contribution >= 0.6 is 0 Å². The van der Waals surface area contributed by atoms with Crippen LogP contribution in [0.4, 0.5) is 0 Å². The minimum absolute atomic E-state index is 0.0869. The summed E-state index contributed by atoms with van der Waals surface area (Å²) in [7, 11) is 0. The van der Waals surface area contributed by atoms with Gasteiger partial charge in [0.25, 0.3) is 0 Å². The molecule has 8 nitrogen and oxygen atoms in total. The lowest BCUT2D eigenvalue weighted by Crippen LogP contribution is -2.40. The first-order valence-electron chi connectivity index (χ1n) is 4.44. The van der Waals surface area contributed by atoms with Crippen LogP contribution in [0.2, 0.25) is 0 Å². The first-order chi connectivity index (χ1) is 7.44. The molecule has 0 aliphatic heterocycles. The Balaban J connectivity index is 0. The van der Waals surface area contributed by atoms with Crippen LogP contribution in [0.15, 0.2) is 0 Å². The molecule has 0 fully saturated rings. The van der Waals surface area contributed by atoms with Crippen molar-refractivity contribution in [3.05, 3.63) is 0 Å². The fourth-order valence-electron chi connectivity index (χ4n) is 0.474. The zero-order valence-corrected chi connectivity index (χ0v) is 8.55. The summed E-state index contributed by atoms with van der Waals surface area (Å²) in [5, 5.41) is 58.1. The molecule has 0 radical (unpaired) electrons. The molecule has 0 saturated carbocycles. The summed E-state index contributed by atoms with van der Waals surface area (Å²) >= 11 is 0.